The Bertz CT molecular complexity index is 1880. The lowest BCUT2D eigenvalue weighted by molar-refractivity contribution is 0.0552. The molecule has 0 saturated carbocycles. The van der Waals surface area contributed by atoms with E-state index in [1.54, 1.807) is 43.6 Å². The summed E-state index contributed by atoms with van der Waals surface area (Å²) in [4.78, 5) is 4.94. The van der Waals surface area contributed by atoms with Gasteiger partial charge in [0.25, 0.3) is 0 Å². The molecule has 0 aliphatic carbocycles. The molecule has 2 aromatic carbocycles. The molecule has 1 atom stereocenters. The lowest BCUT2D eigenvalue weighted by Crippen LogP contribution is -2.27. The average Bonchev–Trinajstić information content (AvgIpc) is 3.48. The van der Waals surface area contributed by atoms with Crippen molar-refractivity contribution in [1.29, 1.82) is 0 Å². The molecule has 6 rings (SSSR count). The van der Waals surface area contributed by atoms with E-state index in [0.29, 0.717) is 41.0 Å². The minimum Gasteiger partial charge on any atom is -0.381 e. The Hall–Kier alpha value is -3.63. The van der Waals surface area contributed by atoms with Crippen molar-refractivity contribution in [1.82, 2.24) is 24.5 Å². The van der Waals surface area contributed by atoms with E-state index in [-0.39, 0.29) is 28.4 Å². The van der Waals surface area contributed by atoms with E-state index < -0.39 is 16.7 Å². The fraction of sp³-hybridized carbons (Fsp3) is 0.321. The standard InChI is InChI=1S/C28H28FN5O3S/c1-17-27(33(2)32-31-17)20-14-25-26(30-16-20)23-9-8-22(38(3,35)36)15-24(23)34(25)28(19-10-12-37-13-11-19)18-4-6-21(29)7-5-18/h4-9,14-16,19,28H,10-13H2,1-3H3/t28-/m1/s1/i1D3. The second-order valence-corrected chi connectivity index (χ2v) is 11.8. The van der Waals surface area contributed by atoms with E-state index in [0.717, 1.165) is 23.8 Å². The van der Waals surface area contributed by atoms with Gasteiger partial charge in [-0.25, -0.2) is 17.5 Å². The van der Waals surface area contributed by atoms with Gasteiger partial charge in [-0.3, -0.25) is 4.98 Å². The van der Waals surface area contributed by atoms with Gasteiger partial charge in [-0.15, -0.1) is 5.10 Å². The second-order valence-electron chi connectivity index (χ2n) is 9.77. The number of halogens is 1. The van der Waals surface area contributed by atoms with Crippen molar-refractivity contribution in [2.24, 2.45) is 13.0 Å². The fourth-order valence-corrected chi connectivity index (χ4v) is 6.19. The zero-order valence-corrected chi connectivity index (χ0v) is 21.7. The third-order valence-corrected chi connectivity index (χ3v) is 8.45. The summed E-state index contributed by atoms with van der Waals surface area (Å²) in [7, 11) is -1.90. The average molecular weight is 537 g/mol. The first-order valence-electron chi connectivity index (χ1n) is 13.8. The van der Waals surface area contributed by atoms with E-state index in [9.17, 15) is 12.8 Å². The quantitative estimate of drug-likeness (QED) is 0.319. The molecule has 38 heavy (non-hydrogen) atoms. The van der Waals surface area contributed by atoms with Crippen LogP contribution in [0, 0.1) is 18.6 Å². The molecule has 0 spiro atoms. The van der Waals surface area contributed by atoms with Crippen LogP contribution < -0.4 is 0 Å². The van der Waals surface area contributed by atoms with Crippen LogP contribution in [0.1, 0.15) is 34.3 Å². The first kappa shape index (κ1) is 21.3. The smallest absolute Gasteiger partial charge is 0.175 e. The number of hydrogen-bond donors (Lipinski definition) is 0. The Kier molecular flexibility index (Phi) is 5.21. The minimum atomic E-state index is -3.53. The maximum atomic E-state index is 14.0. The first-order valence-corrected chi connectivity index (χ1v) is 14.2. The summed E-state index contributed by atoms with van der Waals surface area (Å²) < 4.78 is 72.3. The highest BCUT2D eigenvalue weighted by Crippen LogP contribution is 2.41. The van der Waals surface area contributed by atoms with Crippen LogP contribution in [0.3, 0.4) is 0 Å². The summed E-state index contributed by atoms with van der Waals surface area (Å²) in [6, 6.07) is 12.9. The van der Waals surface area contributed by atoms with Crippen LogP contribution in [-0.4, -0.2) is 52.4 Å². The van der Waals surface area contributed by atoms with Crippen LogP contribution in [0.4, 0.5) is 4.39 Å². The van der Waals surface area contributed by atoms with Crippen LogP contribution in [0.2, 0.25) is 0 Å². The molecule has 10 heteroatoms. The number of nitrogens with zero attached hydrogens (tertiary/aromatic N) is 5. The first-order chi connectivity index (χ1) is 19.4. The molecular weight excluding hydrogens is 505 g/mol. The highest BCUT2D eigenvalue weighted by atomic mass is 32.2. The van der Waals surface area contributed by atoms with Gasteiger partial charge in [0.05, 0.1) is 38.9 Å². The zero-order valence-electron chi connectivity index (χ0n) is 23.9. The summed E-state index contributed by atoms with van der Waals surface area (Å²) in [5.74, 6) is -0.263. The predicted molar refractivity (Wildman–Crippen MR) is 143 cm³/mol. The second kappa shape index (κ2) is 9.28. The van der Waals surface area contributed by atoms with Crippen molar-refractivity contribution in [2.75, 3.05) is 19.5 Å². The molecule has 196 valence electrons. The summed E-state index contributed by atoms with van der Waals surface area (Å²) in [6.45, 7) is -1.35. The van der Waals surface area contributed by atoms with Gasteiger partial charge in [-0.1, -0.05) is 17.3 Å². The molecule has 1 saturated heterocycles. The Morgan fingerprint density at radius 3 is 2.58 bits per heavy atom. The van der Waals surface area contributed by atoms with Gasteiger partial charge < -0.3 is 9.30 Å². The van der Waals surface area contributed by atoms with Crippen molar-refractivity contribution in [3.8, 4) is 11.3 Å². The van der Waals surface area contributed by atoms with Crippen molar-refractivity contribution in [2.45, 2.75) is 30.6 Å². The molecule has 5 aromatic rings. The van der Waals surface area contributed by atoms with Crippen LogP contribution in [0.15, 0.2) is 59.6 Å². The number of pyridine rings is 1. The zero-order chi connectivity index (χ0) is 29.1. The predicted octanol–water partition coefficient (Wildman–Crippen LogP) is 4.85. The van der Waals surface area contributed by atoms with Crippen LogP contribution >= 0.6 is 0 Å². The summed E-state index contributed by atoms with van der Waals surface area (Å²) in [5.41, 5.74) is 3.52. The third-order valence-electron chi connectivity index (χ3n) is 7.34. The summed E-state index contributed by atoms with van der Waals surface area (Å²) in [5, 5.41) is 8.62. The van der Waals surface area contributed by atoms with Gasteiger partial charge in [0.1, 0.15) is 5.82 Å². The normalized spacial score (nSPS) is 17.4. The molecule has 0 N–H and O–H groups in total. The maximum absolute atomic E-state index is 14.0. The van der Waals surface area contributed by atoms with E-state index >= 15 is 0 Å². The molecule has 0 radical (unpaired) electrons. The van der Waals surface area contributed by atoms with Crippen molar-refractivity contribution in [3.63, 3.8) is 0 Å². The van der Waals surface area contributed by atoms with E-state index in [2.05, 4.69) is 14.9 Å². The number of sulfone groups is 1. The topological polar surface area (TPSA) is 91.9 Å². The number of benzene rings is 2. The SMILES string of the molecule is [2H]C([2H])([2H])c1nnn(C)c1-c1cnc2c3ccc(S(C)(=O)=O)cc3n([C@H](c3ccc(F)cc3)C3CCOCC3)c2c1. The molecule has 1 aliphatic heterocycles. The molecule has 0 bridgehead atoms. The lowest BCUT2D eigenvalue weighted by atomic mass is 9.86. The van der Waals surface area contributed by atoms with Crippen LogP contribution in [0.25, 0.3) is 33.2 Å². The molecule has 0 amide bonds. The summed E-state index contributed by atoms with van der Waals surface area (Å²) in [6.07, 6.45) is 4.25. The van der Waals surface area contributed by atoms with Gasteiger partial charge in [0.15, 0.2) is 9.84 Å². The maximum Gasteiger partial charge on any atom is 0.175 e. The van der Waals surface area contributed by atoms with Gasteiger partial charge in [-0.2, -0.15) is 0 Å². The largest absolute Gasteiger partial charge is 0.381 e. The van der Waals surface area contributed by atoms with Crippen LogP contribution in [-0.2, 0) is 21.6 Å². The highest BCUT2D eigenvalue weighted by molar-refractivity contribution is 7.90. The Balaban J connectivity index is 1.70. The van der Waals surface area contributed by atoms with Crippen LogP contribution in [0.5, 0.6) is 0 Å². The van der Waals surface area contributed by atoms with Gasteiger partial charge >= 0.3 is 0 Å². The molecule has 4 heterocycles. The number of aryl methyl sites for hydroxylation is 2. The molecule has 1 aliphatic rings. The number of aromatic nitrogens is 5. The molecule has 0 unspecified atom stereocenters. The number of fused-ring (bicyclic) bond motifs is 3. The monoisotopic (exact) mass is 536 g/mol. The minimum absolute atomic E-state index is 0.0925. The van der Waals surface area contributed by atoms with Gasteiger partial charge in [-0.05, 0) is 67.6 Å². The van der Waals surface area contributed by atoms with E-state index in [1.165, 1.54) is 23.1 Å². The molecular formula is C28H28FN5O3S. The summed E-state index contributed by atoms with van der Waals surface area (Å²) >= 11 is 0. The highest BCUT2D eigenvalue weighted by Gasteiger charge is 2.31. The number of rotatable bonds is 5. The van der Waals surface area contributed by atoms with Gasteiger partial charge in [0.2, 0.25) is 0 Å². The third kappa shape index (κ3) is 4.17. The molecule has 3 aromatic heterocycles. The van der Waals surface area contributed by atoms with Crippen molar-refractivity contribution >= 4 is 31.8 Å². The Labute approximate surface area is 224 Å². The van der Waals surface area contributed by atoms with E-state index in [4.69, 9.17) is 13.8 Å². The fourth-order valence-electron chi connectivity index (χ4n) is 5.55. The Morgan fingerprint density at radius 2 is 1.87 bits per heavy atom. The van der Waals surface area contributed by atoms with Crippen molar-refractivity contribution in [3.05, 3.63) is 71.8 Å². The lowest BCUT2D eigenvalue weighted by Gasteiger charge is -2.33. The van der Waals surface area contributed by atoms with E-state index in [1.807, 2.05) is 6.07 Å². The van der Waals surface area contributed by atoms with Gasteiger partial charge in [0, 0.05) is 47.8 Å². The number of hydrogen-bond acceptors (Lipinski definition) is 6. The number of ether oxygens (including phenoxy) is 1. The molecule has 1 fully saturated rings. The van der Waals surface area contributed by atoms with Crippen molar-refractivity contribution < 1.29 is 21.7 Å². The Morgan fingerprint density at radius 1 is 1.11 bits per heavy atom. The molecule has 8 nitrogen and oxygen atoms in total.